The molecule has 0 aliphatic heterocycles. The number of benzene rings is 1. The molecule has 0 aliphatic carbocycles. The number of hydrogen-bond donors (Lipinski definition) is 1. The maximum Gasteiger partial charge on any atom is 0.145 e. The Morgan fingerprint density at radius 1 is 1.11 bits per heavy atom. The number of fused-ring (bicyclic) bond motifs is 1. The van der Waals surface area contributed by atoms with Gasteiger partial charge in [0.25, 0.3) is 0 Å². The molecule has 18 heavy (non-hydrogen) atoms. The molecule has 3 heteroatoms. The lowest BCUT2D eigenvalue weighted by atomic mass is 10.1. The van der Waals surface area contributed by atoms with E-state index in [1.54, 1.807) is 0 Å². The van der Waals surface area contributed by atoms with E-state index < -0.39 is 0 Å². The maximum absolute atomic E-state index is 5.83. The summed E-state index contributed by atoms with van der Waals surface area (Å²) in [5.74, 6) is 0.973. The molecule has 0 fully saturated rings. The monoisotopic (exact) mass is 237 g/mol. The number of nitrogens with zero attached hydrogens (tertiary/aromatic N) is 2. The molecule has 0 spiro atoms. The van der Waals surface area contributed by atoms with E-state index in [1.807, 2.05) is 37.4 Å². The summed E-state index contributed by atoms with van der Waals surface area (Å²) in [6.45, 7) is 4.11. The molecule has 0 atom stereocenters. The highest BCUT2D eigenvalue weighted by Crippen LogP contribution is 2.25. The number of hydrogen-bond acceptors (Lipinski definition) is 2. The fraction of sp³-hybridized carbons (Fsp3) is 0.133. The third-order valence-electron chi connectivity index (χ3n) is 3.24. The first-order chi connectivity index (χ1) is 8.66. The molecular formula is C15H15N3. The number of aryl methyl sites for hydroxylation is 2. The number of nitrogens with two attached hydrogens (primary N) is 1. The van der Waals surface area contributed by atoms with Crippen LogP contribution in [0.3, 0.4) is 0 Å². The van der Waals surface area contributed by atoms with Crippen LogP contribution in [0.15, 0.2) is 42.6 Å². The Labute approximate surface area is 106 Å². The molecule has 0 bridgehead atoms. The lowest BCUT2D eigenvalue weighted by Crippen LogP contribution is -1.92. The largest absolute Gasteiger partial charge is 0.399 e. The molecule has 90 valence electrons. The van der Waals surface area contributed by atoms with Gasteiger partial charge < -0.3 is 5.73 Å². The third-order valence-corrected chi connectivity index (χ3v) is 3.24. The van der Waals surface area contributed by atoms with Crippen molar-refractivity contribution >= 4 is 11.2 Å². The number of pyridine rings is 1. The van der Waals surface area contributed by atoms with Crippen molar-refractivity contribution < 1.29 is 0 Å². The standard InChI is InChI=1S/C15H15N3/c1-10-5-3-4-6-13(10)15-17-11(2)14-9-12(16)7-8-18(14)15/h3-9H,16H2,1-2H3. The van der Waals surface area contributed by atoms with E-state index >= 15 is 0 Å². The van der Waals surface area contributed by atoms with E-state index in [9.17, 15) is 0 Å². The second kappa shape index (κ2) is 3.88. The molecule has 0 aliphatic rings. The van der Waals surface area contributed by atoms with Gasteiger partial charge in [-0.05, 0) is 31.5 Å². The van der Waals surface area contributed by atoms with Gasteiger partial charge in [0, 0.05) is 17.4 Å². The second-order valence-electron chi connectivity index (χ2n) is 4.55. The summed E-state index contributed by atoms with van der Waals surface area (Å²) < 4.78 is 2.09. The minimum atomic E-state index is 0.766. The molecule has 2 N–H and O–H groups in total. The van der Waals surface area contributed by atoms with Crippen molar-refractivity contribution in [1.82, 2.24) is 9.38 Å². The van der Waals surface area contributed by atoms with Crippen LogP contribution in [0.25, 0.3) is 16.9 Å². The zero-order valence-electron chi connectivity index (χ0n) is 10.5. The predicted octanol–water partition coefficient (Wildman–Crippen LogP) is 3.20. The molecule has 2 aromatic heterocycles. The Hall–Kier alpha value is -2.29. The fourth-order valence-electron chi connectivity index (χ4n) is 2.26. The number of anilines is 1. The first-order valence-corrected chi connectivity index (χ1v) is 5.97. The Bertz CT molecular complexity index is 726. The van der Waals surface area contributed by atoms with Gasteiger partial charge in [-0.2, -0.15) is 0 Å². The average molecular weight is 237 g/mol. The van der Waals surface area contributed by atoms with Crippen molar-refractivity contribution in [1.29, 1.82) is 0 Å². The van der Waals surface area contributed by atoms with E-state index in [1.165, 1.54) is 5.56 Å². The van der Waals surface area contributed by atoms with E-state index in [-0.39, 0.29) is 0 Å². The van der Waals surface area contributed by atoms with Crippen LogP contribution in [0.2, 0.25) is 0 Å². The molecule has 0 saturated carbocycles. The maximum atomic E-state index is 5.83. The molecule has 3 aromatic rings. The van der Waals surface area contributed by atoms with Gasteiger partial charge in [0.2, 0.25) is 0 Å². The lowest BCUT2D eigenvalue weighted by molar-refractivity contribution is 1.15. The Kier molecular flexibility index (Phi) is 2.33. The number of imidazole rings is 1. The molecule has 0 radical (unpaired) electrons. The van der Waals surface area contributed by atoms with Crippen LogP contribution in [0.1, 0.15) is 11.3 Å². The Balaban J connectivity index is 2.34. The van der Waals surface area contributed by atoms with Crippen LogP contribution in [0.4, 0.5) is 5.69 Å². The van der Waals surface area contributed by atoms with Gasteiger partial charge in [-0.1, -0.05) is 24.3 Å². The minimum absolute atomic E-state index is 0.766. The Morgan fingerprint density at radius 3 is 2.67 bits per heavy atom. The number of rotatable bonds is 1. The van der Waals surface area contributed by atoms with Crippen LogP contribution in [0, 0.1) is 13.8 Å². The topological polar surface area (TPSA) is 43.3 Å². The molecule has 0 saturated heterocycles. The van der Waals surface area contributed by atoms with Crippen molar-refractivity contribution in [3.05, 3.63) is 53.9 Å². The normalized spacial score (nSPS) is 11.0. The van der Waals surface area contributed by atoms with Crippen LogP contribution in [-0.4, -0.2) is 9.38 Å². The smallest absolute Gasteiger partial charge is 0.145 e. The summed E-state index contributed by atoms with van der Waals surface area (Å²) >= 11 is 0. The molecule has 2 heterocycles. The van der Waals surface area contributed by atoms with Crippen LogP contribution in [-0.2, 0) is 0 Å². The highest BCUT2D eigenvalue weighted by Gasteiger charge is 2.11. The van der Waals surface area contributed by atoms with Crippen LogP contribution in [0.5, 0.6) is 0 Å². The molecule has 1 aromatic carbocycles. The molecule has 0 unspecified atom stereocenters. The highest BCUT2D eigenvalue weighted by molar-refractivity contribution is 5.69. The van der Waals surface area contributed by atoms with Gasteiger partial charge in [-0.3, -0.25) is 4.40 Å². The summed E-state index contributed by atoms with van der Waals surface area (Å²) in [6.07, 6.45) is 1.98. The molecule has 3 nitrogen and oxygen atoms in total. The number of nitrogen functional groups attached to an aromatic ring is 1. The summed E-state index contributed by atoms with van der Waals surface area (Å²) in [7, 11) is 0. The van der Waals surface area contributed by atoms with E-state index in [4.69, 9.17) is 5.73 Å². The predicted molar refractivity (Wildman–Crippen MR) is 74.5 cm³/mol. The number of aromatic nitrogens is 2. The first kappa shape index (κ1) is 10.8. The SMILES string of the molecule is Cc1ccccc1-c1nc(C)c2cc(N)ccn12. The van der Waals surface area contributed by atoms with Crippen molar-refractivity contribution in [2.45, 2.75) is 13.8 Å². The molecule has 3 rings (SSSR count). The quantitative estimate of drug-likeness (QED) is 0.706. The molecular weight excluding hydrogens is 222 g/mol. The van der Waals surface area contributed by atoms with Gasteiger partial charge >= 0.3 is 0 Å². The van der Waals surface area contributed by atoms with Crippen molar-refractivity contribution in [2.24, 2.45) is 0 Å². The summed E-state index contributed by atoms with van der Waals surface area (Å²) in [6, 6.07) is 12.1. The van der Waals surface area contributed by atoms with Crippen LogP contribution >= 0.6 is 0 Å². The van der Waals surface area contributed by atoms with E-state index in [2.05, 4.69) is 28.4 Å². The van der Waals surface area contributed by atoms with Gasteiger partial charge in [0.1, 0.15) is 5.82 Å². The summed E-state index contributed by atoms with van der Waals surface area (Å²) in [5, 5.41) is 0. The highest BCUT2D eigenvalue weighted by atomic mass is 15.0. The van der Waals surface area contributed by atoms with Gasteiger partial charge in [-0.15, -0.1) is 0 Å². The first-order valence-electron chi connectivity index (χ1n) is 5.97. The van der Waals surface area contributed by atoms with Gasteiger partial charge in [0.15, 0.2) is 0 Å². The zero-order chi connectivity index (χ0) is 12.7. The van der Waals surface area contributed by atoms with Crippen molar-refractivity contribution in [3.8, 4) is 11.4 Å². The second-order valence-corrected chi connectivity index (χ2v) is 4.55. The molecule has 0 amide bonds. The summed E-state index contributed by atoms with van der Waals surface area (Å²) in [4.78, 5) is 4.67. The van der Waals surface area contributed by atoms with Crippen molar-refractivity contribution in [2.75, 3.05) is 5.73 Å². The van der Waals surface area contributed by atoms with Gasteiger partial charge in [0.05, 0.1) is 11.2 Å². The van der Waals surface area contributed by atoms with E-state index in [0.717, 1.165) is 28.3 Å². The average Bonchev–Trinajstić information content (AvgIpc) is 2.67. The lowest BCUT2D eigenvalue weighted by Gasteiger charge is -2.05. The fourth-order valence-corrected chi connectivity index (χ4v) is 2.26. The van der Waals surface area contributed by atoms with Crippen molar-refractivity contribution in [3.63, 3.8) is 0 Å². The zero-order valence-corrected chi connectivity index (χ0v) is 10.5. The van der Waals surface area contributed by atoms with E-state index in [0.29, 0.717) is 0 Å². The van der Waals surface area contributed by atoms with Crippen LogP contribution < -0.4 is 5.73 Å². The third kappa shape index (κ3) is 1.56. The van der Waals surface area contributed by atoms with Gasteiger partial charge in [-0.25, -0.2) is 4.98 Å². The minimum Gasteiger partial charge on any atom is -0.399 e. The summed E-state index contributed by atoms with van der Waals surface area (Å²) in [5.41, 5.74) is 11.0. The Morgan fingerprint density at radius 2 is 1.89 bits per heavy atom.